The molecule has 2 saturated heterocycles. The Hall–Kier alpha value is -2.91. The van der Waals surface area contributed by atoms with Crippen molar-refractivity contribution in [1.82, 2.24) is 14.9 Å². The zero-order valence-electron chi connectivity index (χ0n) is 24.7. The van der Waals surface area contributed by atoms with Crippen LogP contribution in [-0.2, 0) is 6.54 Å². The highest BCUT2D eigenvalue weighted by molar-refractivity contribution is 6.35. The summed E-state index contributed by atoms with van der Waals surface area (Å²) in [5.74, 6) is 1.63. The first kappa shape index (κ1) is 28.8. The average molecular weight is 612 g/mol. The van der Waals surface area contributed by atoms with Crippen LogP contribution in [0.2, 0.25) is 5.02 Å². The van der Waals surface area contributed by atoms with Crippen molar-refractivity contribution < 1.29 is 17.9 Å². The quantitative estimate of drug-likeness (QED) is 0.296. The van der Waals surface area contributed by atoms with Crippen molar-refractivity contribution >= 4 is 34.5 Å². The van der Waals surface area contributed by atoms with E-state index in [1.807, 2.05) is 25.1 Å². The van der Waals surface area contributed by atoms with E-state index in [-0.39, 0.29) is 11.7 Å². The predicted octanol–water partition coefficient (Wildman–Crippen LogP) is 7.71. The molecule has 4 heterocycles. The Kier molecular flexibility index (Phi) is 7.32. The summed E-state index contributed by atoms with van der Waals surface area (Å²) in [6.07, 6.45) is 5.09. The third kappa shape index (κ3) is 5.37. The first-order chi connectivity index (χ1) is 20.6. The number of aliphatic imine (C=N–C) groups is 1. The third-order valence-corrected chi connectivity index (χ3v) is 10.5. The molecule has 1 aromatic heterocycles. The molecule has 1 saturated carbocycles. The maximum absolute atomic E-state index is 13.7. The highest BCUT2D eigenvalue weighted by Crippen LogP contribution is 2.51. The van der Waals surface area contributed by atoms with Crippen LogP contribution in [0.1, 0.15) is 73.4 Å². The Bertz CT molecular complexity index is 1580. The fourth-order valence-electron chi connectivity index (χ4n) is 7.42. The lowest BCUT2D eigenvalue weighted by molar-refractivity contribution is -0.153. The first-order valence-corrected chi connectivity index (χ1v) is 15.8. The van der Waals surface area contributed by atoms with Crippen LogP contribution >= 0.6 is 11.6 Å². The number of rotatable bonds is 5. The molecule has 2 aromatic carbocycles. The number of halogens is 4. The van der Waals surface area contributed by atoms with Crippen molar-refractivity contribution in [3.05, 3.63) is 45.7 Å². The summed E-state index contributed by atoms with van der Waals surface area (Å²) < 4.78 is 47.0. The summed E-state index contributed by atoms with van der Waals surface area (Å²) in [4.78, 5) is 19.2. The molecular weight excluding hydrogens is 575 g/mol. The smallest absolute Gasteiger partial charge is 0.422 e. The van der Waals surface area contributed by atoms with Gasteiger partial charge in [-0.2, -0.15) is 13.2 Å². The minimum absolute atomic E-state index is 0.0712. The van der Waals surface area contributed by atoms with Gasteiger partial charge in [-0.15, -0.1) is 0 Å². The molecular formula is C33H37ClF3N5O. The van der Waals surface area contributed by atoms with Gasteiger partial charge in [0.2, 0.25) is 0 Å². The molecule has 0 N–H and O–H groups in total. The molecule has 0 atom stereocenters. The summed E-state index contributed by atoms with van der Waals surface area (Å²) in [5.41, 5.74) is 4.78. The zero-order valence-corrected chi connectivity index (χ0v) is 25.5. The molecule has 3 aromatic rings. The zero-order chi connectivity index (χ0) is 29.9. The second kappa shape index (κ2) is 10.9. The van der Waals surface area contributed by atoms with Crippen LogP contribution in [0.25, 0.3) is 22.0 Å². The number of alkyl halides is 3. The highest BCUT2D eigenvalue weighted by Gasteiger charge is 2.40. The van der Waals surface area contributed by atoms with Crippen molar-refractivity contribution in [2.45, 2.75) is 70.5 Å². The van der Waals surface area contributed by atoms with Crippen LogP contribution in [0.4, 0.5) is 19.0 Å². The van der Waals surface area contributed by atoms with Crippen LogP contribution in [0.3, 0.4) is 0 Å². The second-order valence-corrected chi connectivity index (χ2v) is 13.4. The number of nitrogens with zero attached hydrogens (tertiary/aromatic N) is 5. The first-order valence-electron chi connectivity index (χ1n) is 15.4. The molecule has 10 heteroatoms. The highest BCUT2D eigenvalue weighted by atomic mass is 35.5. The van der Waals surface area contributed by atoms with Gasteiger partial charge in [0.1, 0.15) is 17.2 Å². The number of hydrogen-bond donors (Lipinski definition) is 0. The van der Waals surface area contributed by atoms with Gasteiger partial charge in [0.05, 0.1) is 11.6 Å². The summed E-state index contributed by atoms with van der Waals surface area (Å²) in [6.45, 7) is 4.59. The van der Waals surface area contributed by atoms with E-state index in [2.05, 4.69) is 21.8 Å². The minimum atomic E-state index is -4.53. The van der Waals surface area contributed by atoms with Crippen molar-refractivity contribution in [3.8, 4) is 16.9 Å². The summed E-state index contributed by atoms with van der Waals surface area (Å²) >= 11 is 7.07. The normalized spacial score (nSPS) is 20.6. The van der Waals surface area contributed by atoms with Gasteiger partial charge < -0.3 is 14.5 Å². The monoisotopic (exact) mass is 611 g/mol. The number of anilines is 1. The van der Waals surface area contributed by atoms with Crippen LogP contribution in [0.5, 0.6) is 5.75 Å². The molecule has 0 bridgehead atoms. The molecule has 0 radical (unpaired) electrons. The molecule has 4 aliphatic rings. The molecule has 228 valence electrons. The largest absolute Gasteiger partial charge is 0.481 e. The lowest BCUT2D eigenvalue weighted by Crippen LogP contribution is -2.44. The standard InChI is InChI=1S/C33H37ClF3N5O/c1-20-4-5-22-17-38-18-24(22)26(20)27-25(34)16-23-28(29(27)43-19-33(35,36)37)39-30(21-6-12-41(2)13-7-21)40-31(23)42-14-10-32(11-15-42)8-3-9-32/h4-5,16,18,21H,3,6-15,17,19H2,1-2H3. The van der Waals surface area contributed by atoms with Crippen molar-refractivity contribution in [3.63, 3.8) is 0 Å². The molecule has 0 amide bonds. The Morgan fingerprint density at radius 1 is 1.02 bits per heavy atom. The van der Waals surface area contributed by atoms with Crippen molar-refractivity contribution in [1.29, 1.82) is 0 Å². The van der Waals surface area contributed by atoms with E-state index >= 15 is 0 Å². The Labute approximate surface area is 255 Å². The fourth-order valence-corrected chi connectivity index (χ4v) is 7.71. The summed E-state index contributed by atoms with van der Waals surface area (Å²) in [7, 11) is 2.11. The van der Waals surface area contributed by atoms with Crippen molar-refractivity contribution in [2.75, 3.05) is 44.7 Å². The topological polar surface area (TPSA) is 53.9 Å². The Balaban J connectivity index is 1.44. The number of benzene rings is 2. The van der Waals surface area contributed by atoms with E-state index in [1.54, 1.807) is 6.21 Å². The Morgan fingerprint density at radius 2 is 1.77 bits per heavy atom. The predicted molar refractivity (Wildman–Crippen MR) is 165 cm³/mol. The van der Waals surface area contributed by atoms with Gasteiger partial charge in [0.15, 0.2) is 12.4 Å². The minimum Gasteiger partial charge on any atom is -0.481 e. The van der Waals surface area contributed by atoms with Gasteiger partial charge in [-0.1, -0.05) is 30.2 Å². The van der Waals surface area contributed by atoms with E-state index in [1.165, 1.54) is 19.3 Å². The number of fused-ring (bicyclic) bond motifs is 2. The molecule has 7 rings (SSSR count). The third-order valence-electron chi connectivity index (χ3n) is 10.2. The molecule has 3 aliphatic heterocycles. The van der Waals surface area contributed by atoms with Crippen LogP contribution in [0, 0.1) is 12.3 Å². The van der Waals surface area contributed by atoms with Gasteiger partial charge in [-0.3, -0.25) is 4.99 Å². The van der Waals surface area contributed by atoms with Gasteiger partial charge >= 0.3 is 6.18 Å². The summed E-state index contributed by atoms with van der Waals surface area (Å²) in [6, 6.07) is 5.82. The number of piperidine rings is 2. The summed E-state index contributed by atoms with van der Waals surface area (Å²) in [5, 5.41) is 0.969. The fraction of sp³-hybridized carbons (Fsp3) is 0.545. The van der Waals surface area contributed by atoms with E-state index in [9.17, 15) is 13.2 Å². The number of hydrogen-bond acceptors (Lipinski definition) is 6. The number of aromatic nitrogens is 2. The lowest BCUT2D eigenvalue weighted by Gasteiger charge is -2.48. The van der Waals surface area contributed by atoms with Crippen LogP contribution in [-0.4, -0.2) is 67.1 Å². The van der Waals surface area contributed by atoms with Gasteiger partial charge in [-0.05, 0) is 93.8 Å². The average Bonchev–Trinajstić information content (AvgIpc) is 3.44. The van der Waals surface area contributed by atoms with Crippen LogP contribution in [0.15, 0.2) is 23.2 Å². The van der Waals surface area contributed by atoms with E-state index in [4.69, 9.17) is 26.3 Å². The van der Waals surface area contributed by atoms with Gasteiger partial charge in [0.25, 0.3) is 0 Å². The maximum Gasteiger partial charge on any atom is 0.422 e. The number of aryl methyl sites for hydroxylation is 1. The molecule has 3 fully saturated rings. The molecule has 6 nitrogen and oxygen atoms in total. The lowest BCUT2D eigenvalue weighted by atomic mass is 9.63. The van der Waals surface area contributed by atoms with E-state index < -0.39 is 12.8 Å². The maximum atomic E-state index is 13.7. The number of likely N-dealkylation sites (tertiary alicyclic amines) is 1. The van der Waals surface area contributed by atoms with E-state index in [0.717, 1.165) is 79.9 Å². The van der Waals surface area contributed by atoms with Crippen LogP contribution < -0.4 is 9.64 Å². The molecule has 43 heavy (non-hydrogen) atoms. The molecule has 1 spiro atoms. The number of ether oxygens (including phenoxy) is 1. The Morgan fingerprint density at radius 3 is 2.44 bits per heavy atom. The second-order valence-electron chi connectivity index (χ2n) is 13.0. The molecule has 0 unspecified atom stereocenters. The van der Waals surface area contributed by atoms with Gasteiger partial charge in [-0.25, -0.2) is 9.97 Å². The van der Waals surface area contributed by atoms with Crippen molar-refractivity contribution in [2.24, 2.45) is 10.4 Å². The SMILES string of the molecule is Cc1ccc2c(c1-c1c(Cl)cc3c(N4CCC5(CCC5)CC4)nc(C4CCN(C)CC4)nc3c1OCC(F)(F)F)C=NC2. The van der Waals surface area contributed by atoms with E-state index in [0.29, 0.717) is 39.3 Å². The molecule has 1 aliphatic carbocycles. The van der Waals surface area contributed by atoms with Gasteiger partial charge in [0, 0.05) is 41.7 Å².